The summed E-state index contributed by atoms with van der Waals surface area (Å²) < 4.78 is 7.43. The summed E-state index contributed by atoms with van der Waals surface area (Å²) in [4.78, 5) is 4.39. The van der Waals surface area contributed by atoms with Crippen LogP contribution in [0.3, 0.4) is 0 Å². The fraction of sp³-hybridized carbons (Fsp3) is 0.583. The Balaban J connectivity index is 1.88. The summed E-state index contributed by atoms with van der Waals surface area (Å²) in [5, 5.41) is 3.51. The molecule has 1 aromatic rings. The molecule has 0 bridgehead atoms. The molecule has 2 unspecified atom stereocenters. The number of hydrogen-bond donors (Lipinski definition) is 1. The molecule has 0 radical (unpaired) electrons. The van der Waals surface area contributed by atoms with Crippen LogP contribution in [-0.2, 0) is 11.3 Å². The normalized spacial score (nSPS) is 21.7. The van der Waals surface area contributed by atoms with Crippen molar-refractivity contribution in [1.82, 2.24) is 10.3 Å². The third-order valence-corrected chi connectivity index (χ3v) is 4.27. The number of nitrogens with one attached hydrogen (secondary N) is 1. The Hall–Kier alpha value is 0.0300. The second-order valence-corrected chi connectivity index (χ2v) is 6.15. The van der Waals surface area contributed by atoms with E-state index < -0.39 is 0 Å². The predicted octanol–water partition coefficient (Wildman–Crippen LogP) is 3.12. The molecule has 94 valence electrons. The zero-order valence-corrected chi connectivity index (χ0v) is 12.9. The largest absolute Gasteiger partial charge is 0.381 e. The molecule has 1 N–H and O–H groups in total. The second kappa shape index (κ2) is 6.27. The van der Waals surface area contributed by atoms with E-state index in [0.29, 0.717) is 12.0 Å². The van der Waals surface area contributed by atoms with Crippen molar-refractivity contribution in [1.29, 1.82) is 0 Å². The first-order chi connectivity index (χ1) is 8.16. The second-order valence-electron chi connectivity index (χ2n) is 4.38. The van der Waals surface area contributed by atoms with Crippen molar-refractivity contribution in [3.63, 3.8) is 0 Å². The van der Waals surface area contributed by atoms with Crippen LogP contribution in [0.5, 0.6) is 0 Å². The summed E-state index contributed by atoms with van der Waals surface area (Å²) in [5.41, 5.74) is 1.04. The van der Waals surface area contributed by atoms with Crippen LogP contribution in [0.1, 0.15) is 19.0 Å². The molecule has 1 aliphatic heterocycles. The summed E-state index contributed by atoms with van der Waals surface area (Å²) >= 11 is 6.92. The fourth-order valence-electron chi connectivity index (χ4n) is 1.94. The molecule has 1 aliphatic rings. The average Bonchev–Trinajstić information content (AvgIpc) is 2.81. The third kappa shape index (κ3) is 3.74. The summed E-state index contributed by atoms with van der Waals surface area (Å²) in [6.07, 6.45) is 2.98. The highest BCUT2D eigenvalue weighted by Crippen LogP contribution is 2.21. The smallest absolute Gasteiger partial charge is 0.0684 e. The van der Waals surface area contributed by atoms with Crippen LogP contribution in [0.25, 0.3) is 0 Å². The Morgan fingerprint density at radius 3 is 3.06 bits per heavy atom. The molecule has 0 spiro atoms. The van der Waals surface area contributed by atoms with Gasteiger partial charge in [0.05, 0.1) is 12.3 Å². The van der Waals surface area contributed by atoms with E-state index in [1.54, 1.807) is 0 Å². The quantitative estimate of drug-likeness (QED) is 0.892. The van der Waals surface area contributed by atoms with Gasteiger partial charge in [0.1, 0.15) is 0 Å². The number of halogens is 2. The molecule has 3 nitrogen and oxygen atoms in total. The molecular formula is C12H16Br2N2O. The lowest BCUT2D eigenvalue weighted by Crippen LogP contribution is -2.33. The summed E-state index contributed by atoms with van der Waals surface area (Å²) in [7, 11) is 0. The standard InChI is InChI=1S/C12H16Br2N2O/c1-8(9-2-3-17-7-9)15-6-12-11(14)4-10(13)5-16-12/h4-5,8-9,15H,2-3,6-7H2,1H3. The van der Waals surface area contributed by atoms with Gasteiger partial charge in [-0.2, -0.15) is 0 Å². The van der Waals surface area contributed by atoms with Crippen molar-refractivity contribution in [2.45, 2.75) is 25.9 Å². The highest BCUT2D eigenvalue weighted by Gasteiger charge is 2.21. The van der Waals surface area contributed by atoms with Crippen LogP contribution in [0.2, 0.25) is 0 Å². The monoisotopic (exact) mass is 362 g/mol. The van der Waals surface area contributed by atoms with Crippen LogP contribution in [0.15, 0.2) is 21.2 Å². The number of pyridine rings is 1. The average molecular weight is 364 g/mol. The SMILES string of the molecule is CC(NCc1ncc(Br)cc1Br)C1CCOC1. The van der Waals surface area contributed by atoms with E-state index in [0.717, 1.165) is 40.8 Å². The van der Waals surface area contributed by atoms with Crippen molar-refractivity contribution in [3.8, 4) is 0 Å². The molecule has 5 heteroatoms. The van der Waals surface area contributed by atoms with Gasteiger partial charge >= 0.3 is 0 Å². The molecule has 0 aromatic carbocycles. The number of hydrogen-bond acceptors (Lipinski definition) is 3. The van der Waals surface area contributed by atoms with Crippen LogP contribution >= 0.6 is 31.9 Å². The Kier molecular flexibility index (Phi) is 4.97. The molecule has 2 atom stereocenters. The predicted molar refractivity (Wildman–Crippen MR) is 74.9 cm³/mol. The van der Waals surface area contributed by atoms with Crippen molar-refractivity contribution < 1.29 is 4.74 Å². The number of nitrogens with zero attached hydrogens (tertiary/aromatic N) is 1. The molecular weight excluding hydrogens is 348 g/mol. The number of ether oxygens (including phenoxy) is 1. The molecule has 1 aromatic heterocycles. The summed E-state index contributed by atoms with van der Waals surface area (Å²) in [5.74, 6) is 0.629. The molecule has 2 heterocycles. The van der Waals surface area contributed by atoms with E-state index in [1.165, 1.54) is 0 Å². The van der Waals surface area contributed by atoms with Crippen LogP contribution in [0.4, 0.5) is 0 Å². The highest BCUT2D eigenvalue weighted by atomic mass is 79.9. The van der Waals surface area contributed by atoms with Gasteiger partial charge in [-0.3, -0.25) is 4.98 Å². The minimum atomic E-state index is 0.467. The van der Waals surface area contributed by atoms with Crippen molar-refractivity contribution in [2.24, 2.45) is 5.92 Å². The maximum absolute atomic E-state index is 5.40. The van der Waals surface area contributed by atoms with Gasteiger partial charge in [0.25, 0.3) is 0 Å². The van der Waals surface area contributed by atoms with Gasteiger partial charge in [-0.15, -0.1) is 0 Å². The minimum Gasteiger partial charge on any atom is -0.381 e. The number of aromatic nitrogens is 1. The van der Waals surface area contributed by atoms with Gasteiger partial charge in [0.15, 0.2) is 0 Å². The molecule has 1 fully saturated rings. The Morgan fingerprint density at radius 1 is 1.59 bits per heavy atom. The first-order valence-electron chi connectivity index (χ1n) is 5.78. The topological polar surface area (TPSA) is 34.2 Å². The van der Waals surface area contributed by atoms with E-state index >= 15 is 0 Å². The van der Waals surface area contributed by atoms with Crippen LogP contribution < -0.4 is 5.32 Å². The summed E-state index contributed by atoms with van der Waals surface area (Å²) in [6, 6.07) is 2.49. The minimum absolute atomic E-state index is 0.467. The van der Waals surface area contributed by atoms with E-state index in [1.807, 2.05) is 12.3 Å². The van der Waals surface area contributed by atoms with Crippen molar-refractivity contribution >= 4 is 31.9 Å². The zero-order valence-electron chi connectivity index (χ0n) is 9.75. The van der Waals surface area contributed by atoms with Crippen molar-refractivity contribution in [3.05, 3.63) is 26.9 Å². The van der Waals surface area contributed by atoms with E-state index in [4.69, 9.17) is 4.74 Å². The zero-order chi connectivity index (χ0) is 12.3. The molecule has 2 rings (SSSR count). The first-order valence-corrected chi connectivity index (χ1v) is 7.36. The van der Waals surface area contributed by atoms with Crippen LogP contribution in [-0.4, -0.2) is 24.2 Å². The van der Waals surface area contributed by atoms with Gasteiger partial charge < -0.3 is 10.1 Å². The van der Waals surface area contributed by atoms with Gasteiger partial charge in [0, 0.05) is 34.3 Å². The molecule has 0 saturated carbocycles. The highest BCUT2D eigenvalue weighted by molar-refractivity contribution is 9.11. The van der Waals surface area contributed by atoms with E-state index in [9.17, 15) is 0 Å². The fourth-order valence-corrected chi connectivity index (χ4v) is 3.07. The molecule has 0 amide bonds. The Bertz CT molecular complexity index is 381. The lowest BCUT2D eigenvalue weighted by molar-refractivity contribution is 0.178. The number of rotatable bonds is 4. The van der Waals surface area contributed by atoms with E-state index in [-0.39, 0.29) is 0 Å². The Morgan fingerprint density at radius 2 is 2.41 bits per heavy atom. The van der Waals surface area contributed by atoms with Crippen molar-refractivity contribution in [2.75, 3.05) is 13.2 Å². The molecule has 1 saturated heterocycles. The molecule has 0 aliphatic carbocycles. The lowest BCUT2D eigenvalue weighted by atomic mass is 10.0. The lowest BCUT2D eigenvalue weighted by Gasteiger charge is -2.19. The maximum Gasteiger partial charge on any atom is 0.0684 e. The third-order valence-electron chi connectivity index (χ3n) is 3.15. The van der Waals surface area contributed by atoms with Gasteiger partial charge in [-0.05, 0) is 57.2 Å². The van der Waals surface area contributed by atoms with Gasteiger partial charge in [0.2, 0.25) is 0 Å². The van der Waals surface area contributed by atoms with Gasteiger partial charge in [-0.1, -0.05) is 0 Å². The molecule has 17 heavy (non-hydrogen) atoms. The first kappa shape index (κ1) is 13.5. The van der Waals surface area contributed by atoms with E-state index in [2.05, 4.69) is 49.1 Å². The maximum atomic E-state index is 5.40. The van der Waals surface area contributed by atoms with Gasteiger partial charge in [-0.25, -0.2) is 0 Å². The van der Waals surface area contributed by atoms with Crippen LogP contribution in [0, 0.1) is 5.92 Å². The summed E-state index contributed by atoms with van der Waals surface area (Å²) in [6.45, 7) is 4.78. The Labute approximate surface area is 119 Å².